The Morgan fingerprint density at radius 1 is 1.07 bits per heavy atom. The third kappa shape index (κ3) is 10.9. The van der Waals surface area contributed by atoms with Crippen LogP contribution in [-0.2, 0) is 19.7 Å². The van der Waals surface area contributed by atoms with Crippen LogP contribution in [0.1, 0.15) is 6.42 Å². The fourth-order valence-corrected chi connectivity index (χ4v) is 1.09. The summed E-state index contributed by atoms with van der Waals surface area (Å²) in [7, 11) is -4.84. The third-order valence-corrected chi connectivity index (χ3v) is 2.08. The van der Waals surface area contributed by atoms with Gasteiger partial charge >= 0.3 is 11.9 Å². The summed E-state index contributed by atoms with van der Waals surface area (Å²) in [4.78, 5) is 20.0. The first kappa shape index (κ1) is 24.7. The molecule has 1 atom stereocenters. The summed E-state index contributed by atoms with van der Waals surface area (Å²) < 4.78 is 28.7. The van der Waals surface area contributed by atoms with E-state index in [1.807, 2.05) is 0 Å². The van der Waals surface area contributed by atoms with Crippen LogP contribution in [0.3, 0.4) is 0 Å². The van der Waals surface area contributed by atoms with E-state index in [2.05, 4.69) is 0 Å². The molecule has 0 aliphatic carbocycles. The molecule has 11 heteroatoms. The standard InChI is InChI=1S/C4H6O7S.3Li/c5-3(6)1-2(4(7)8)12(9,10)11;;;/h2H,1H2,(H,5,6)(H,7,8)(H,9,10,11);;;. The van der Waals surface area contributed by atoms with E-state index in [1.165, 1.54) is 0 Å². The monoisotopic (exact) mass is 219 g/mol. The number of rotatable bonds is 4. The summed E-state index contributed by atoms with van der Waals surface area (Å²) in [6.07, 6.45) is -1.16. The summed E-state index contributed by atoms with van der Waals surface area (Å²) in [5.74, 6) is -3.50. The van der Waals surface area contributed by atoms with E-state index in [4.69, 9.17) is 14.8 Å². The first-order chi connectivity index (χ1) is 5.25. The molecule has 3 N–H and O–H groups in total. The maximum absolute atomic E-state index is 10.2. The molecule has 0 aromatic rings. The number of carboxylic acid groups (broad SMARTS) is 2. The molecule has 0 aromatic carbocycles. The zero-order valence-electron chi connectivity index (χ0n) is 8.67. The van der Waals surface area contributed by atoms with Crippen LogP contribution in [0.2, 0.25) is 0 Å². The van der Waals surface area contributed by atoms with Gasteiger partial charge in [-0.2, -0.15) is 8.42 Å². The molecule has 0 aliphatic heterocycles. The molecule has 0 bridgehead atoms. The maximum atomic E-state index is 10.2. The Kier molecular flexibility index (Phi) is 16.2. The summed E-state index contributed by atoms with van der Waals surface area (Å²) in [6.45, 7) is 0. The minimum absolute atomic E-state index is 0. The van der Waals surface area contributed by atoms with Crippen molar-refractivity contribution in [3.63, 3.8) is 0 Å². The third-order valence-electron chi connectivity index (χ3n) is 0.995. The van der Waals surface area contributed by atoms with E-state index in [0.29, 0.717) is 0 Å². The Morgan fingerprint density at radius 3 is 1.47 bits per heavy atom. The molecular formula is C4H6Li3O7S. The molecule has 15 heavy (non-hydrogen) atoms. The van der Waals surface area contributed by atoms with Gasteiger partial charge in [0.25, 0.3) is 10.1 Å². The summed E-state index contributed by atoms with van der Waals surface area (Å²) in [5.41, 5.74) is 0. The molecule has 0 amide bonds. The van der Waals surface area contributed by atoms with E-state index in [1.54, 1.807) is 0 Å². The normalized spacial score (nSPS) is 11.0. The van der Waals surface area contributed by atoms with Crippen LogP contribution in [0, 0.1) is 0 Å². The van der Waals surface area contributed by atoms with Gasteiger partial charge in [0.1, 0.15) is 0 Å². The molecule has 1 unspecified atom stereocenters. The largest absolute Gasteiger partial charge is 0.481 e. The van der Waals surface area contributed by atoms with Crippen LogP contribution in [0.5, 0.6) is 0 Å². The number of carboxylic acids is 2. The van der Waals surface area contributed by atoms with Crippen molar-refractivity contribution in [1.29, 1.82) is 0 Å². The maximum Gasteiger partial charge on any atom is 0.325 e. The average molecular weight is 219 g/mol. The van der Waals surface area contributed by atoms with Crippen molar-refractivity contribution in [3.8, 4) is 0 Å². The zero-order chi connectivity index (χ0) is 9.94. The predicted octanol–water partition coefficient (Wildman–Crippen LogP) is -2.34. The summed E-state index contributed by atoms with van der Waals surface area (Å²) in [5, 5.41) is 13.9. The van der Waals surface area contributed by atoms with E-state index < -0.39 is 33.7 Å². The molecule has 3 radical (unpaired) electrons. The van der Waals surface area contributed by atoms with Crippen LogP contribution >= 0.6 is 0 Å². The van der Waals surface area contributed by atoms with E-state index >= 15 is 0 Å². The second-order valence-electron chi connectivity index (χ2n) is 1.94. The van der Waals surface area contributed by atoms with Crippen molar-refractivity contribution < 1.29 is 32.8 Å². The smallest absolute Gasteiger partial charge is 0.325 e. The Bertz CT molecular complexity index is 299. The summed E-state index contributed by atoms with van der Waals surface area (Å²) in [6, 6.07) is 0. The van der Waals surface area contributed by atoms with Gasteiger partial charge in [-0.3, -0.25) is 14.1 Å². The molecule has 0 heterocycles. The van der Waals surface area contributed by atoms with E-state index in [0.717, 1.165) is 0 Å². The molecule has 0 saturated carbocycles. The quantitative estimate of drug-likeness (QED) is 0.356. The number of aliphatic carboxylic acids is 2. The van der Waals surface area contributed by atoms with Crippen molar-refractivity contribution in [2.45, 2.75) is 11.7 Å². The van der Waals surface area contributed by atoms with Gasteiger partial charge in [-0.05, 0) is 0 Å². The van der Waals surface area contributed by atoms with Gasteiger partial charge in [0.2, 0.25) is 0 Å². The van der Waals surface area contributed by atoms with Gasteiger partial charge < -0.3 is 10.2 Å². The van der Waals surface area contributed by atoms with Crippen LogP contribution in [0.25, 0.3) is 0 Å². The first-order valence-electron chi connectivity index (χ1n) is 2.66. The summed E-state index contributed by atoms with van der Waals surface area (Å²) >= 11 is 0. The number of hydrogen-bond acceptors (Lipinski definition) is 4. The fourth-order valence-electron chi connectivity index (χ4n) is 0.479. The number of carbonyl (C=O) groups is 2. The van der Waals surface area contributed by atoms with Crippen molar-refractivity contribution in [2.24, 2.45) is 0 Å². The molecule has 0 aromatic heterocycles. The predicted molar refractivity (Wildman–Crippen MR) is 52.5 cm³/mol. The Morgan fingerprint density at radius 2 is 1.40 bits per heavy atom. The van der Waals surface area contributed by atoms with E-state index in [9.17, 15) is 18.0 Å². The van der Waals surface area contributed by atoms with Crippen LogP contribution < -0.4 is 0 Å². The second-order valence-corrected chi connectivity index (χ2v) is 3.54. The van der Waals surface area contributed by atoms with Crippen LogP contribution in [-0.4, -0.2) is 97.0 Å². The van der Waals surface area contributed by atoms with E-state index in [-0.39, 0.29) is 56.6 Å². The van der Waals surface area contributed by atoms with Crippen molar-refractivity contribution in [2.75, 3.05) is 0 Å². The van der Waals surface area contributed by atoms with Gasteiger partial charge in [-0.15, -0.1) is 0 Å². The first-order valence-corrected chi connectivity index (χ1v) is 4.16. The zero-order valence-corrected chi connectivity index (χ0v) is 9.48. The molecule has 0 spiro atoms. The minimum Gasteiger partial charge on any atom is -0.481 e. The van der Waals surface area contributed by atoms with Crippen molar-refractivity contribution in [1.82, 2.24) is 0 Å². The van der Waals surface area contributed by atoms with Crippen LogP contribution in [0.4, 0.5) is 0 Å². The van der Waals surface area contributed by atoms with Gasteiger partial charge in [-0.25, -0.2) is 0 Å². The van der Waals surface area contributed by atoms with Gasteiger partial charge in [-0.1, -0.05) is 0 Å². The fraction of sp³-hybridized carbons (Fsp3) is 0.500. The van der Waals surface area contributed by atoms with Gasteiger partial charge in [0, 0.05) is 56.6 Å². The van der Waals surface area contributed by atoms with Crippen LogP contribution in [0.15, 0.2) is 0 Å². The Balaban J connectivity index is -0.000000202. The van der Waals surface area contributed by atoms with Gasteiger partial charge in [0.05, 0.1) is 6.42 Å². The molecule has 7 nitrogen and oxygen atoms in total. The Hall–Kier alpha value is 0.642. The molecular weight excluding hydrogens is 213 g/mol. The SMILES string of the molecule is O=C(O)CC(C(=O)O)S(=O)(=O)O.[Li].[Li].[Li]. The molecule has 0 aliphatic rings. The number of hydrogen-bond donors (Lipinski definition) is 3. The molecule has 73 valence electrons. The molecule has 0 rings (SSSR count). The average Bonchev–Trinajstić information content (AvgIpc) is 1.79. The molecule has 0 fully saturated rings. The van der Waals surface area contributed by atoms with Crippen molar-refractivity contribution >= 4 is 78.6 Å². The molecule has 0 saturated heterocycles. The van der Waals surface area contributed by atoms with Crippen molar-refractivity contribution in [3.05, 3.63) is 0 Å². The topological polar surface area (TPSA) is 129 Å². The minimum atomic E-state index is -4.84. The van der Waals surface area contributed by atoms with Gasteiger partial charge in [0.15, 0.2) is 5.25 Å². The Labute approximate surface area is 122 Å². The second kappa shape index (κ2) is 9.84.